The largest absolute Gasteiger partial charge is 0.507 e. The topological polar surface area (TPSA) is 97.7 Å². The lowest BCUT2D eigenvalue weighted by Crippen LogP contribution is -2.53. The Kier molecular flexibility index (Phi) is 7.00. The number of Topliss-reactive ketones (excluding diaryl/α,β-unsaturated/α-hetero) is 2. The maximum Gasteiger partial charge on any atom is 0.231 e. The highest BCUT2D eigenvalue weighted by Gasteiger charge is 2.61. The number of carbonyl (C=O) groups excluding carboxylic acids is 2. The summed E-state index contributed by atoms with van der Waals surface area (Å²) in [4.78, 5) is 34.5. The summed E-state index contributed by atoms with van der Waals surface area (Å²) < 4.78 is 17.0. The van der Waals surface area contributed by atoms with Crippen molar-refractivity contribution in [2.45, 2.75) is 64.0 Å². The van der Waals surface area contributed by atoms with Crippen LogP contribution >= 0.6 is 11.6 Å². The Morgan fingerprint density at radius 2 is 1.92 bits per heavy atom. The highest BCUT2D eigenvalue weighted by Crippen LogP contribution is 2.54. The second-order valence-electron chi connectivity index (χ2n) is 10.6. The van der Waals surface area contributed by atoms with Crippen LogP contribution in [0, 0.1) is 11.8 Å². The van der Waals surface area contributed by atoms with Gasteiger partial charge < -0.3 is 24.2 Å². The van der Waals surface area contributed by atoms with E-state index in [1.165, 1.54) is 39.5 Å². The van der Waals surface area contributed by atoms with Gasteiger partial charge in [0.1, 0.15) is 22.1 Å². The summed E-state index contributed by atoms with van der Waals surface area (Å²) in [6.07, 6.45) is 5.95. The van der Waals surface area contributed by atoms with Crippen molar-refractivity contribution in [1.29, 1.82) is 0 Å². The summed E-state index contributed by atoms with van der Waals surface area (Å²) in [5.41, 5.74) is -1.15. The Hall–Kier alpha value is -2.58. The molecular weight excluding hydrogens is 496 g/mol. The monoisotopic (exact) mass is 530 g/mol. The maximum absolute atomic E-state index is 13.9. The van der Waals surface area contributed by atoms with Crippen LogP contribution in [0.4, 0.5) is 0 Å². The van der Waals surface area contributed by atoms with Crippen molar-refractivity contribution in [3.63, 3.8) is 0 Å². The number of halogens is 1. The molecule has 5 rings (SSSR count). The van der Waals surface area contributed by atoms with E-state index >= 15 is 0 Å². The molecule has 1 aromatic rings. The number of aliphatic imine (C=N–C) groups is 1. The lowest BCUT2D eigenvalue weighted by Gasteiger charge is -2.44. The Morgan fingerprint density at radius 1 is 1.19 bits per heavy atom. The van der Waals surface area contributed by atoms with Crippen molar-refractivity contribution in [2.75, 3.05) is 33.9 Å². The third-order valence-corrected chi connectivity index (χ3v) is 8.98. The molecule has 2 saturated heterocycles. The first kappa shape index (κ1) is 26.0. The van der Waals surface area contributed by atoms with Gasteiger partial charge >= 0.3 is 0 Å². The maximum atomic E-state index is 13.9. The predicted octanol–water partition coefficient (Wildman–Crippen LogP) is 4.82. The number of nitrogens with zero attached hydrogens (tertiary/aromatic N) is 2. The van der Waals surface area contributed by atoms with Crippen LogP contribution in [0.25, 0.3) is 0 Å². The van der Waals surface area contributed by atoms with Crippen molar-refractivity contribution in [2.24, 2.45) is 16.8 Å². The van der Waals surface area contributed by atoms with Crippen LogP contribution in [-0.2, 0) is 4.79 Å². The molecule has 0 bridgehead atoms. The van der Waals surface area contributed by atoms with Crippen molar-refractivity contribution < 1.29 is 28.9 Å². The SMILES string of the molecule is COc1cc(OC)c2c(c1Cl)O[C@]1(C2=O)C(O)=C(C(C)=NC[C@@H]2CCCN3CCCC[C@H]23)C(=O)C[C@H]1C. The molecule has 1 aliphatic carbocycles. The minimum Gasteiger partial charge on any atom is -0.507 e. The summed E-state index contributed by atoms with van der Waals surface area (Å²) in [5, 5.41) is 11.7. The van der Waals surface area contributed by atoms with Gasteiger partial charge in [-0.25, -0.2) is 0 Å². The summed E-state index contributed by atoms with van der Waals surface area (Å²) >= 11 is 6.52. The summed E-state index contributed by atoms with van der Waals surface area (Å²) in [5.74, 6) is -0.744. The van der Waals surface area contributed by atoms with Gasteiger partial charge in [-0.15, -0.1) is 0 Å². The summed E-state index contributed by atoms with van der Waals surface area (Å²) in [6.45, 7) is 6.33. The zero-order chi connectivity index (χ0) is 26.5. The van der Waals surface area contributed by atoms with Gasteiger partial charge in [-0.2, -0.15) is 0 Å². The quantitative estimate of drug-likeness (QED) is 0.545. The number of methoxy groups -OCH3 is 2. The fourth-order valence-electron chi connectivity index (χ4n) is 6.65. The molecule has 4 atom stereocenters. The molecule has 0 radical (unpaired) electrons. The van der Waals surface area contributed by atoms with E-state index in [0.29, 0.717) is 24.2 Å². The fourth-order valence-corrected chi connectivity index (χ4v) is 6.92. The summed E-state index contributed by atoms with van der Waals surface area (Å²) in [7, 11) is 2.89. The van der Waals surface area contributed by atoms with Gasteiger partial charge in [-0.1, -0.05) is 24.9 Å². The van der Waals surface area contributed by atoms with E-state index in [1.54, 1.807) is 13.8 Å². The lowest BCUT2D eigenvalue weighted by molar-refractivity contribution is -0.118. The van der Waals surface area contributed by atoms with E-state index < -0.39 is 23.1 Å². The van der Waals surface area contributed by atoms with Gasteiger partial charge in [-0.3, -0.25) is 14.6 Å². The van der Waals surface area contributed by atoms with Gasteiger partial charge in [0.05, 0.1) is 19.8 Å². The number of ketones is 2. The Morgan fingerprint density at radius 3 is 2.65 bits per heavy atom. The van der Waals surface area contributed by atoms with E-state index in [0.717, 1.165) is 25.9 Å². The van der Waals surface area contributed by atoms with Gasteiger partial charge in [0.15, 0.2) is 17.3 Å². The van der Waals surface area contributed by atoms with Gasteiger partial charge in [0, 0.05) is 36.7 Å². The van der Waals surface area contributed by atoms with Crippen LogP contribution in [0.2, 0.25) is 5.02 Å². The van der Waals surface area contributed by atoms with E-state index in [1.807, 2.05) is 0 Å². The first-order chi connectivity index (χ1) is 17.7. The average Bonchev–Trinajstić information content (AvgIpc) is 3.21. The first-order valence-electron chi connectivity index (χ1n) is 13.1. The number of ether oxygens (including phenoxy) is 3. The number of aliphatic hydroxyl groups excluding tert-OH is 1. The van der Waals surface area contributed by atoms with E-state index in [4.69, 9.17) is 30.8 Å². The number of allylic oxidation sites excluding steroid dienone is 1. The third-order valence-electron chi connectivity index (χ3n) is 8.62. The van der Waals surface area contributed by atoms with E-state index in [9.17, 15) is 14.7 Å². The number of carbonyl (C=O) groups is 2. The molecule has 8 nitrogen and oxygen atoms in total. The number of benzene rings is 1. The standard InChI is InChI=1S/C28H35ClN2O6/c1-15-12-19(32)22(16(2)30-14-17-8-7-11-31-10-6-5-9-18(17)31)26(33)28(15)27(34)23-20(35-3)13-21(36-4)24(29)25(23)37-28/h13,15,17-18,33H,5-12,14H2,1-4H3/t15-,17+,18-,28+/m1/s1. The van der Waals surface area contributed by atoms with E-state index in [2.05, 4.69) is 4.90 Å². The van der Waals surface area contributed by atoms with Gasteiger partial charge in [0.2, 0.25) is 11.4 Å². The molecule has 0 aromatic heterocycles. The lowest BCUT2D eigenvalue weighted by atomic mass is 9.72. The molecule has 3 heterocycles. The number of hydrogen-bond acceptors (Lipinski definition) is 8. The van der Waals surface area contributed by atoms with Crippen LogP contribution in [0.1, 0.15) is 62.7 Å². The number of fused-ring (bicyclic) bond motifs is 2. The zero-order valence-electron chi connectivity index (χ0n) is 21.9. The predicted molar refractivity (Wildman–Crippen MR) is 141 cm³/mol. The minimum atomic E-state index is -1.78. The molecule has 0 unspecified atom stereocenters. The summed E-state index contributed by atoms with van der Waals surface area (Å²) in [6, 6.07) is 2.04. The fraction of sp³-hybridized carbons (Fsp3) is 0.607. The van der Waals surface area contributed by atoms with Crippen LogP contribution in [0.5, 0.6) is 17.2 Å². The molecule has 1 aromatic carbocycles. The highest BCUT2D eigenvalue weighted by atomic mass is 35.5. The highest BCUT2D eigenvalue weighted by molar-refractivity contribution is 6.35. The molecule has 1 spiro atoms. The molecule has 0 amide bonds. The molecule has 4 aliphatic rings. The Bertz CT molecular complexity index is 1190. The molecule has 9 heteroatoms. The normalized spacial score (nSPS) is 30.3. The van der Waals surface area contributed by atoms with Crippen LogP contribution in [0.3, 0.4) is 0 Å². The van der Waals surface area contributed by atoms with Gasteiger partial charge in [0.25, 0.3) is 0 Å². The van der Waals surface area contributed by atoms with Crippen molar-refractivity contribution in [3.05, 3.63) is 28.0 Å². The third kappa shape index (κ3) is 4.04. The van der Waals surface area contributed by atoms with Crippen LogP contribution in [0.15, 0.2) is 22.4 Å². The number of aliphatic hydroxyl groups is 1. The molecular formula is C28H35ClN2O6. The second-order valence-corrected chi connectivity index (χ2v) is 11.0. The average molecular weight is 531 g/mol. The molecule has 0 saturated carbocycles. The van der Waals surface area contributed by atoms with E-state index in [-0.39, 0.29) is 45.6 Å². The van der Waals surface area contributed by atoms with Crippen molar-refractivity contribution >= 4 is 28.9 Å². The molecule has 1 N–H and O–H groups in total. The molecule has 37 heavy (non-hydrogen) atoms. The Labute approximate surface area is 222 Å². The van der Waals surface area contributed by atoms with Crippen molar-refractivity contribution in [3.8, 4) is 17.2 Å². The smallest absolute Gasteiger partial charge is 0.231 e. The second kappa shape index (κ2) is 9.95. The van der Waals surface area contributed by atoms with Crippen LogP contribution in [-0.4, -0.2) is 72.8 Å². The van der Waals surface area contributed by atoms with Gasteiger partial charge in [-0.05, 0) is 51.6 Å². The molecule has 2 fully saturated rings. The molecule has 200 valence electrons. The van der Waals surface area contributed by atoms with Crippen LogP contribution < -0.4 is 14.2 Å². The number of hydrogen-bond donors (Lipinski definition) is 1. The number of rotatable bonds is 5. The number of piperidine rings is 2. The minimum absolute atomic E-state index is 0.0306. The first-order valence-corrected chi connectivity index (χ1v) is 13.5. The van der Waals surface area contributed by atoms with Crippen molar-refractivity contribution in [1.82, 2.24) is 4.90 Å². The zero-order valence-corrected chi connectivity index (χ0v) is 22.7. The molecule has 3 aliphatic heterocycles. The Balaban J connectivity index is 1.51.